The summed E-state index contributed by atoms with van der Waals surface area (Å²) in [5, 5.41) is 13.4. The maximum Gasteiger partial charge on any atom is 0.303 e. The summed E-state index contributed by atoms with van der Waals surface area (Å²) < 4.78 is 19.1. The van der Waals surface area contributed by atoms with Gasteiger partial charge < -0.3 is 19.0 Å². The van der Waals surface area contributed by atoms with Crippen LogP contribution in [0, 0.1) is 6.92 Å². The number of hydrogen-bond donors (Lipinski definition) is 1. The Morgan fingerprint density at radius 2 is 1.83 bits per heavy atom. The first kappa shape index (κ1) is 24.1. The van der Waals surface area contributed by atoms with E-state index < -0.39 is 5.97 Å². The lowest BCUT2D eigenvalue weighted by molar-refractivity contribution is -0.136. The number of ether oxygens (including phenoxy) is 2. The van der Waals surface area contributed by atoms with E-state index in [-0.39, 0.29) is 6.42 Å². The van der Waals surface area contributed by atoms with Crippen molar-refractivity contribution in [2.24, 2.45) is 0 Å². The topological polar surface area (TPSA) is 99.6 Å². The van der Waals surface area contributed by atoms with Crippen molar-refractivity contribution in [3.63, 3.8) is 0 Å². The normalized spacial score (nSPS) is 10.9. The summed E-state index contributed by atoms with van der Waals surface area (Å²) in [5.74, 6) is 1.85. The maximum absolute atomic E-state index is 10.9. The first-order valence-corrected chi connectivity index (χ1v) is 11.7. The van der Waals surface area contributed by atoms with Crippen molar-refractivity contribution in [2.75, 3.05) is 13.2 Å². The molecule has 0 amide bonds. The van der Waals surface area contributed by atoms with Gasteiger partial charge in [0.15, 0.2) is 0 Å². The van der Waals surface area contributed by atoms with E-state index in [0.29, 0.717) is 44.4 Å². The van der Waals surface area contributed by atoms with Gasteiger partial charge >= 0.3 is 5.97 Å². The molecule has 2 heterocycles. The van der Waals surface area contributed by atoms with Crippen LogP contribution in [0.15, 0.2) is 65.2 Å². The first-order valence-electron chi connectivity index (χ1n) is 11.7. The molecule has 0 spiro atoms. The number of carboxylic acid groups (broad SMARTS) is 1. The predicted octanol–water partition coefficient (Wildman–Crippen LogP) is 4.93. The van der Waals surface area contributed by atoms with Crippen LogP contribution in [0.25, 0.3) is 11.5 Å². The van der Waals surface area contributed by atoms with E-state index in [0.717, 1.165) is 33.9 Å². The molecule has 0 aliphatic rings. The van der Waals surface area contributed by atoms with Crippen LogP contribution in [0.1, 0.15) is 35.9 Å². The third-order valence-electron chi connectivity index (χ3n) is 5.48. The maximum atomic E-state index is 10.9. The molecule has 0 unspecified atom stereocenters. The molecule has 0 atom stereocenters. The molecule has 4 aromatic rings. The van der Waals surface area contributed by atoms with Gasteiger partial charge in [-0.05, 0) is 50.1 Å². The number of aromatic nitrogens is 3. The fraction of sp³-hybridized carbons (Fsp3) is 0.296. The fourth-order valence-corrected chi connectivity index (χ4v) is 3.71. The Kier molecular flexibility index (Phi) is 7.82. The van der Waals surface area contributed by atoms with Crippen LogP contribution in [0.3, 0.4) is 0 Å². The highest BCUT2D eigenvalue weighted by Gasteiger charge is 2.13. The summed E-state index contributed by atoms with van der Waals surface area (Å²) >= 11 is 0. The van der Waals surface area contributed by atoms with Gasteiger partial charge in [0, 0.05) is 30.2 Å². The second-order valence-electron chi connectivity index (χ2n) is 8.11. The summed E-state index contributed by atoms with van der Waals surface area (Å²) in [5.41, 5.74) is 3.70. The summed E-state index contributed by atoms with van der Waals surface area (Å²) in [6, 6.07) is 17.7. The van der Waals surface area contributed by atoms with Crippen LogP contribution < -0.4 is 9.47 Å². The smallest absolute Gasteiger partial charge is 0.303 e. The summed E-state index contributed by atoms with van der Waals surface area (Å²) in [7, 11) is 0. The fourth-order valence-electron chi connectivity index (χ4n) is 3.71. The van der Waals surface area contributed by atoms with Crippen molar-refractivity contribution in [3.8, 4) is 23.1 Å². The van der Waals surface area contributed by atoms with Crippen molar-refractivity contribution in [1.29, 1.82) is 0 Å². The van der Waals surface area contributed by atoms with Gasteiger partial charge in [0.2, 0.25) is 11.8 Å². The van der Waals surface area contributed by atoms with Gasteiger partial charge in [0.1, 0.15) is 11.5 Å². The van der Waals surface area contributed by atoms with Gasteiger partial charge in [-0.15, -0.1) is 5.10 Å². The number of rotatable bonds is 12. The van der Waals surface area contributed by atoms with Crippen molar-refractivity contribution in [2.45, 2.75) is 39.7 Å². The number of carbonyl (C=O) groups is 1. The summed E-state index contributed by atoms with van der Waals surface area (Å²) in [4.78, 5) is 15.5. The third-order valence-corrected chi connectivity index (χ3v) is 5.48. The molecule has 0 radical (unpaired) electrons. The van der Waals surface area contributed by atoms with E-state index in [1.165, 1.54) is 0 Å². The number of oxazole rings is 1. The summed E-state index contributed by atoms with van der Waals surface area (Å²) in [6.07, 6.45) is 2.92. The van der Waals surface area contributed by atoms with Gasteiger partial charge in [-0.25, -0.2) is 4.98 Å². The van der Waals surface area contributed by atoms with Crippen LogP contribution in [0.5, 0.6) is 11.6 Å². The minimum Gasteiger partial charge on any atom is -0.493 e. The van der Waals surface area contributed by atoms with Crippen LogP contribution in [0.2, 0.25) is 0 Å². The molecule has 4 rings (SSSR count). The molecule has 2 aromatic carbocycles. The molecule has 2 aromatic heterocycles. The molecule has 35 heavy (non-hydrogen) atoms. The Hall–Kier alpha value is -4.07. The lowest BCUT2D eigenvalue weighted by atomic mass is 10.2. The van der Waals surface area contributed by atoms with E-state index in [4.69, 9.17) is 19.0 Å². The van der Waals surface area contributed by atoms with Gasteiger partial charge in [-0.3, -0.25) is 9.48 Å². The van der Waals surface area contributed by atoms with Crippen LogP contribution in [-0.4, -0.2) is 39.1 Å². The number of aryl methyl sites for hydroxylation is 2. The molecule has 0 bridgehead atoms. The zero-order chi connectivity index (χ0) is 24.6. The van der Waals surface area contributed by atoms with Crippen molar-refractivity contribution in [3.05, 3.63) is 83.4 Å². The van der Waals surface area contributed by atoms with E-state index in [9.17, 15) is 4.79 Å². The molecule has 8 heteroatoms. The van der Waals surface area contributed by atoms with Crippen LogP contribution in [0.4, 0.5) is 0 Å². The standard InChI is InChI=1S/C27H29N3O5/c1-3-33-27-22(11-14-25(31)32)18-30(29-27)17-20-9-12-23(13-10-20)34-16-15-24-19(2)35-26(28-24)21-7-5-4-6-8-21/h4-10,12-13,18H,3,11,14-17H2,1-2H3,(H,31,32). The van der Waals surface area contributed by atoms with E-state index in [1.807, 2.05) is 74.6 Å². The largest absolute Gasteiger partial charge is 0.493 e. The molecule has 0 aliphatic carbocycles. The first-order chi connectivity index (χ1) is 17.0. The Balaban J connectivity index is 1.31. The van der Waals surface area contributed by atoms with Gasteiger partial charge in [0.25, 0.3) is 0 Å². The van der Waals surface area contributed by atoms with Gasteiger partial charge in [-0.2, -0.15) is 0 Å². The SMILES string of the molecule is CCOc1nn(Cc2ccc(OCCc3nc(-c4ccccc4)oc3C)cc2)cc1CCC(=O)O. The second-order valence-corrected chi connectivity index (χ2v) is 8.11. The number of nitrogens with zero attached hydrogens (tertiary/aromatic N) is 3. The highest BCUT2D eigenvalue weighted by atomic mass is 16.5. The van der Waals surface area contributed by atoms with E-state index in [2.05, 4.69) is 10.1 Å². The number of benzene rings is 2. The molecule has 0 fully saturated rings. The monoisotopic (exact) mass is 475 g/mol. The Morgan fingerprint density at radius 3 is 2.54 bits per heavy atom. The van der Waals surface area contributed by atoms with Crippen LogP contribution >= 0.6 is 0 Å². The molecular weight excluding hydrogens is 446 g/mol. The number of hydrogen-bond acceptors (Lipinski definition) is 6. The average Bonchev–Trinajstić information content (AvgIpc) is 3.42. The van der Waals surface area contributed by atoms with Crippen LogP contribution in [-0.2, 0) is 24.2 Å². The van der Waals surface area contributed by atoms with Gasteiger partial charge in [-0.1, -0.05) is 30.3 Å². The predicted molar refractivity (Wildman–Crippen MR) is 131 cm³/mol. The number of carboxylic acids is 1. The lowest BCUT2D eigenvalue weighted by Gasteiger charge is -2.07. The molecule has 0 saturated carbocycles. The quantitative estimate of drug-likeness (QED) is 0.310. The number of aliphatic carboxylic acids is 1. The molecule has 0 aliphatic heterocycles. The van der Waals surface area contributed by atoms with Crippen molar-refractivity contribution in [1.82, 2.24) is 14.8 Å². The zero-order valence-corrected chi connectivity index (χ0v) is 19.9. The molecule has 182 valence electrons. The third kappa shape index (κ3) is 6.50. The lowest BCUT2D eigenvalue weighted by Crippen LogP contribution is -2.04. The zero-order valence-electron chi connectivity index (χ0n) is 19.9. The Bertz CT molecular complexity index is 1250. The Morgan fingerprint density at radius 1 is 1.06 bits per heavy atom. The van der Waals surface area contributed by atoms with Crippen molar-refractivity contribution >= 4 is 5.97 Å². The average molecular weight is 476 g/mol. The molecule has 1 N–H and O–H groups in total. The molecular formula is C27H29N3O5. The molecule has 0 saturated heterocycles. The summed E-state index contributed by atoms with van der Waals surface area (Å²) in [6.45, 7) is 5.32. The van der Waals surface area contributed by atoms with Crippen molar-refractivity contribution < 1.29 is 23.8 Å². The van der Waals surface area contributed by atoms with Gasteiger partial charge in [0.05, 0.1) is 25.5 Å². The highest BCUT2D eigenvalue weighted by molar-refractivity contribution is 5.67. The van der Waals surface area contributed by atoms with E-state index >= 15 is 0 Å². The minimum absolute atomic E-state index is 0.0409. The highest BCUT2D eigenvalue weighted by Crippen LogP contribution is 2.23. The Labute approximate surface area is 204 Å². The second kappa shape index (κ2) is 11.4. The minimum atomic E-state index is -0.842. The van der Waals surface area contributed by atoms with E-state index in [1.54, 1.807) is 4.68 Å². The molecule has 8 nitrogen and oxygen atoms in total.